The van der Waals surface area contributed by atoms with E-state index in [9.17, 15) is 14.9 Å². The molecule has 24 heavy (non-hydrogen) atoms. The molecule has 0 amide bonds. The zero-order chi connectivity index (χ0) is 16.4. The summed E-state index contributed by atoms with van der Waals surface area (Å²) in [7, 11) is 0. The van der Waals surface area contributed by atoms with Crippen LogP contribution in [0.1, 0.15) is 0 Å². The maximum atomic E-state index is 11.5. The minimum Gasteiger partial charge on any atom is -0.511 e. The first-order chi connectivity index (χ1) is 11.1. The van der Waals surface area contributed by atoms with E-state index in [2.05, 4.69) is 20.6 Å². The Morgan fingerprint density at radius 3 is 2.83 bits per heavy atom. The predicted octanol–water partition coefficient (Wildman–Crippen LogP) is -1.36. The van der Waals surface area contributed by atoms with Gasteiger partial charge < -0.3 is 15.6 Å². The standard InChI is InChI=1S/C14H9N6O3.Na/c15-7-18-14-6-17-11-5-13(20(22)23)9(4-12(11)19-14)10-3-8(21)1-2-16-10;/h1-6,17H,(H,16,21)(H,18,19);/q-1;+1. The number of benzene rings is 1. The Labute approximate surface area is 157 Å². The number of aromatic nitrogens is 1. The SMILES string of the molecule is N#CNC1=Nc2cc(-c3cc(=O)cc[nH]3)c([N+](=O)[O-])cc2N[CH-]1.[Na+]. The fourth-order valence-electron chi connectivity index (χ4n) is 2.18. The van der Waals surface area contributed by atoms with Gasteiger partial charge in [-0.1, -0.05) is 0 Å². The fourth-order valence-corrected chi connectivity index (χ4v) is 2.18. The minimum absolute atomic E-state index is 0. The number of rotatable bonds is 2. The van der Waals surface area contributed by atoms with E-state index >= 15 is 0 Å². The van der Waals surface area contributed by atoms with Crippen molar-refractivity contribution in [3.8, 4) is 17.5 Å². The van der Waals surface area contributed by atoms with E-state index in [0.29, 0.717) is 17.1 Å². The van der Waals surface area contributed by atoms with Crippen LogP contribution in [0.4, 0.5) is 17.1 Å². The Kier molecular flexibility index (Phi) is 5.25. The molecule has 0 radical (unpaired) electrons. The molecule has 9 nitrogen and oxygen atoms in total. The van der Waals surface area contributed by atoms with Gasteiger partial charge >= 0.3 is 29.6 Å². The molecule has 2 heterocycles. The molecule has 1 aliphatic rings. The normalized spacial score (nSPS) is 11.5. The van der Waals surface area contributed by atoms with Crippen molar-refractivity contribution in [2.75, 3.05) is 5.32 Å². The number of nitrogens with zero attached hydrogens (tertiary/aromatic N) is 3. The molecule has 0 saturated carbocycles. The number of hydrogen-bond donors (Lipinski definition) is 3. The van der Waals surface area contributed by atoms with Crippen molar-refractivity contribution in [3.05, 3.63) is 57.3 Å². The number of nitro benzene ring substituents is 1. The molecule has 3 N–H and O–H groups in total. The van der Waals surface area contributed by atoms with Crippen LogP contribution in [-0.2, 0) is 0 Å². The number of hydrogen-bond acceptors (Lipinski definition) is 7. The van der Waals surface area contributed by atoms with Gasteiger partial charge in [-0.2, -0.15) is 5.26 Å². The molecule has 0 fully saturated rings. The molecule has 1 aliphatic heterocycles. The summed E-state index contributed by atoms with van der Waals surface area (Å²) < 4.78 is 0. The molecule has 0 saturated heterocycles. The van der Waals surface area contributed by atoms with Gasteiger partial charge in [0.05, 0.1) is 21.9 Å². The van der Waals surface area contributed by atoms with Crippen LogP contribution in [0.5, 0.6) is 0 Å². The van der Waals surface area contributed by atoms with Crippen LogP contribution in [0, 0.1) is 28.1 Å². The molecule has 1 aromatic carbocycles. The van der Waals surface area contributed by atoms with E-state index in [4.69, 9.17) is 5.26 Å². The number of anilines is 1. The summed E-state index contributed by atoms with van der Waals surface area (Å²) in [6.07, 6.45) is 3.16. The molecule has 10 heteroatoms. The molecule has 0 unspecified atom stereocenters. The molecule has 1 aromatic heterocycles. The number of aliphatic imine (C=N–C) groups is 1. The van der Waals surface area contributed by atoms with Crippen LogP contribution in [0.2, 0.25) is 0 Å². The predicted molar refractivity (Wildman–Crippen MR) is 82.9 cm³/mol. The number of nitrogens with one attached hydrogen (secondary N) is 3. The van der Waals surface area contributed by atoms with Crippen LogP contribution in [0.3, 0.4) is 0 Å². The summed E-state index contributed by atoms with van der Waals surface area (Å²) in [4.78, 5) is 29.3. The van der Waals surface area contributed by atoms with Gasteiger partial charge in [0.15, 0.2) is 11.6 Å². The first kappa shape index (κ1) is 17.6. The van der Waals surface area contributed by atoms with Gasteiger partial charge in [0.25, 0.3) is 5.69 Å². The summed E-state index contributed by atoms with van der Waals surface area (Å²) in [6.45, 7) is 1.43. The number of amidine groups is 1. The van der Waals surface area contributed by atoms with Gasteiger partial charge in [-0.3, -0.25) is 19.9 Å². The molecule has 0 atom stereocenters. The van der Waals surface area contributed by atoms with E-state index in [0.717, 1.165) is 0 Å². The molecule has 2 aromatic rings. The number of aromatic amines is 1. The van der Waals surface area contributed by atoms with Crippen molar-refractivity contribution in [1.29, 1.82) is 5.26 Å². The Morgan fingerprint density at radius 1 is 1.38 bits per heavy atom. The van der Waals surface area contributed by atoms with Crippen LogP contribution in [0.25, 0.3) is 11.3 Å². The maximum Gasteiger partial charge on any atom is 1.00 e. The molecule has 0 bridgehead atoms. The van der Waals surface area contributed by atoms with Crippen LogP contribution in [-0.4, -0.2) is 15.7 Å². The summed E-state index contributed by atoms with van der Waals surface area (Å²) in [5.74, 6) is 0.279. The average Bonchev–Trinajstić information content (AvgIpc) is 2.53. The van der Waals surface area contributed by atoms with Crippen LogP contribution < -0.4 is 45.6 Å². The Balaban J connectivity index is 0.00000208. The second-order valence-electron chi connectivity index (χ2n) is 4.60. The van der Waals surface area contributed by atoms with Crippen LogP contribution >= 0.6 is 0 Å². The Morgan fingerprint density at radius 2 is 2.17 bits per heavy atom. The average molecular weight is 332 g/mol. The van der Waals surface area contributed by atoms with Crippen molar-refractivity contribution in [2.24, 2.45) is 4.99 Å². The summed E-state index contributed by atoms with van der Waals surface area (Å²) in [5.41, 5.74) is 0.950. The van der Waals surface area contributed by atoms with E-state index in [1.165, 1.54) is 37.0 Å². The van der Waals surface area contributed by atoms with E-state index < -0.39 is 4.92 Å². The molecule has 114 valence electrons. The topological polar surface area (TPSA) is 136 Å². The van der Waals surface area contributed by atoms with Gasteiger partial charge in [0.2, 0.25) is 0 Å². The summed E-state index contributed by atoms with van der Waals surface area (Å²) in [5, 5.41) is 25.2. The largest absolute Gasteiger partial charge is 1.00 e. The third kappa shape index (κ3) is 3.41. The van der Waals surface area contributed by atoms with Crippen molar-refractivity contribution in [2.45, 2.75) is 0 Å². The molecule has 3 rings (SSSR count). The number of nitro groups is 1. The van der Waals surface area contributed by atoms with Gasteiger partial charge in [-0.15, -0.1) is 0 Å². The Hall–Kier alpha value is -2.80. The van der Waals surface area contributed by atoms with Gasteiger partial charge in [-0.05, 0) is 11.9 Å². The first-order valence-electron chi connectivity index (χ1n) is 6.43. The van der Waals surface area contributed by atoms with E-state index in [1.54, 1.807) is 6.19 Å². The fraction of sp³-hybridized carbons (Fsp3) is 0. The van der Waals surface area contributed by atoms with Crippen molar-refractivity contribution in [3.63, 3.8) is 0 Å². The Bertz CT molecular complexity index is 931. The first-order valence-corrected chi connectivity index (χ1v) is 6.43. The zero-order valence-electron chi connectivity index (χ0n) is 12.5. The van der Waals surface area contributed by atoms with E-state index in [1.807, 2.05) is 0 Å². The third-order valence-corrected chi connectivity index (χ3v) is 3.16. The number of H-pyrrole nitrogens is 1. The minimum atomic E-state index is -0.532. The van der Waals surface area contributed by atoms with Crippen molar-refractivity contribution < 1.29 is 34.5 Å². The maximum absolute atomic E-state index is 11.5. The quantitative estimate of drug-likeness (QED) is 0.155. The van der Waals surface area contributed by atoms with Gasteiger partial charge in [0.1, 0.15) is 0 Å². The zero-order valence-corrected chi connectivity index (χ0v) is 14.5. The molecular formula is C14H9N6NaO3. The molecule has 0 spiro atoms. The number of pyridine rings is 1. The van der Waals surface area contributed by atoms with Crippen molar-refractivity contribution >= 4 is 22.9 Å². The molecular weight excluding hydrogens is 323 g/mol. The monoisotopic (exact) mass is 332 g/mol. The summed E-state index contributed by atoms with van der Waals surface area (Å²) >= 11 is 0. The van der Waals surface area contributed by atoms with Gasteiger partial charge in [0, 0.05) is 30.1 Å². The second kappa shape index (κ2) is 7.18. The van der Waals surface area contributed by atoms with E-state index in [-0.39, 0.29) is 52.1 Å². The van der Waals surface area contributed by atoms with Crippen LogP contribution in [0.15, 0.2) is 40.2 Å². The van der Waals surface area contributed by atoms with Gasteiger partial charge in [-0.25, -0.2) is 6.54 Å². The van der Waals surface area contributed by atoms with Crippen molar-refractivity contribution in [1.82, 2.24) is 10.3 Å². The smallest absolute Gasteiger partial charge is 0.511 e. The second-order valence-corrected chi connectivity index (χ2v) is 4.60. The summed E-state index contributed by atoms with van der Waals surface area (Å²) in [6, 6.07) is 5.41. The number of nitriles is 1. The third-order valence-electron chi connectivity index (χ3n) is 3.16. The molecule has 0 aliphatic carbocycles. The number of fused-ring (bicyclic) bond motifs is 1.